The molecule has 1 aromatic carbocycles. The second kappa shape index (κ2) is 5.30. The second-order valence-electron chi connectivity index (χ2n) is 3.97. The zero-order chi connectivity index (χ0) is 13.0. The third-order valence-electron chi connectivity index (χ3n) is 2.10. The van der Waals surface area contributed by atoms with Crippen molar-refractivity contribution in [3.8, 4) is 0 Å². The summed E-state index contributed by atoms with van der Waals surface area (Å²) in [4.78, 5) is 21.8. The van der Waals surface area contributed by atoms with Crippen LogP contribution >= 0.6 is 0 Å². The lowest BCUT2D eigenvalue weighted by Gasteiger charge is -2.04. The maximum absolute atomic E-state index is 10.9. The van der Waals surface area contributed by atoms with Crippen LogP contribution in [0.5, 0.6) is 0 Å². The van der Waals surface area contributed by atoms with Crippen LogP contribution in [0.1, 0.15) is 23.6 Å². The fourth-order valence-electron chi connectivity index (χ4n) is 1.60. The number of aryl methyl sites for hydroxylation is 2. The molecule has 0 spiro atoms. The van der Waals surface area contributed by atoms with Gasteiger partial charge < -0.3 is 10.4 Å². The van der Waals surface area contributed by atoms with Gasteiger partial charge in [0.2, 0.25) is 5.91 Å². The van der Waals surface area contributed by atoms with Crippen molar-refractivity contribution in [2.75, 3.05) is 0 Å². The predicted octanol–water partition coefficient (Wildman–Crippen LogP) is 1.87. The van der Waals surface area contributed by atoms with E-state index in [1.54, 1.807) is 0 Å². The molecule has 0 bridgehead atoms. The third kappa shape index (κ3) is 4.10. The van der Waals surface area contributed by atoms with Gasteiger partial charge in [0, 0.05) is 6.92 Å². The number of hydrogen-bond acceptors (Lipinski definition) is 2. The summed E-state index contributed by atoms with van der Waals surface area (Å²) in [5.74, 6) is -1.55. The number of hydrogen-bond donors (Lipinski definition) is 2. The summed E-state index contributed by atoms with van der Waals surface area (Å²) in [5.41, 5.74) is 2.73. The van der Waals surface area contributed by atoms with Crippen LogP contribution in [0.25, 0.3) is 6.08 Å². The van der Waals surface area contributed by atoms with Crippen molar-refractivity contribution < 1.29 is 14.7 Å². The molecule has 4 nitrogen and oxygen atoms in total. The smallest absolute Gasteiger partial charge is 0.352 e. The minimum absolute atomic E-state index is 0.123. The molecule has 0 unspecified atom stereocenters. The summed E-state index contributed by atoms with van der Waals surface area (Å²) in [6.45, 7) is 5.14. The van der Waals surface area contributed by atoms with Gasteiger partial charge in [-0.15, -0.1) is 0 Å². The molecular weight excluding hydrogens is 218 g/mol. The number of amides is 1. The lowest BCUT2D eigenvalue weighted by molar-refractivity contribution is -0.134. The molecule has 0 aliphatic heterocycles. The van der Waals surface area contributed by atoms with Crippen molar-refractivity contribution in [1.29, 1.82) is 0 Å². The summed E-state index contributed by atoms with van der Waals surface area (Å²) in [7, 11) is 0. The molecule has 0 aliphatic rings. The minimum Gasteiger partial charge on any atom is -0.477 e. The number of rotatable bonds is 3. The Morgan fingerprint density at radius 2 is 1.71 bits per heavy atom. The van der Waals surface area contributed by atoms with Gasteiger partial charge >= 0.3 is 5.97 Å². The summed E-state index contributed by atoms with van der Waals surface area (Å²) in [6, 6.07) is 5.71. The number of carbonyl (C=O) groups is 2. The van der Waals surface area contributed by atoms with Gasteiger partial charge in [0.15, 0.2) is 0 Å². The number of carboxylic acids is 1. The largest absolute Gasteiger partial charge is 0.477 e. The van der Waals surface area contributed by atoms with E-state index in [9.17, 15) is 9.59 Å². The number of carboxylic acid groups (broad SMARTS) is 1. The molecular formula is C13H15NO3. The molecule has 0 aromatic heterocycles. The first kappa shape index (κ1) is 13.0. The van der Waals surface area contributed by atoms with Crippen LogP contribution < -0.4 is 5.32 Å². The van der Waals surface area contributed by atoms with Gasteiger partial charge in [0.05, 0.1) is 0 Å². The Bertz CT molecular complexity index is 469. The van der Waals surface area contributed by atoms with Crippen LogP contribution in [0.15, 0.2) is 23.9 Å². The maximum Gasteiger partial charge on any atom is 0.352 e. The highest BCUT2D eigenvalue weighted by Gasteiger charge is 2.08. The van der Waals surface area contributed by atoms with Crippen molar-refractivity contribution in [1.82, 2.24) is 5.32 Å². The SMILES string of the molecule is CC(=O)N/C(=C/c1cc(C)cc(C)c1)C(=O)O. The Morgan fingerprint density at radius 1 is 1.18 bits per heavy atom. The maximum atomic E-state index is 10.9. The summed E-state index contributed by atoms with van der Waals surface area (Å²) < 4.78 is 0. The lowest BCUT2D eigenvalue weighted by Crippen LogP contribution is -2.24. The summed E-state index contributed by atoms with van der Waals surface area (Å²) in [5, 5.41) is 11.2. The van der Waals surface area contributed by atoms with Gasteiger partial charge in [-0.2, -0.15) is 0 Å². The molecule has 0 fully saturated rings. The lowest BCUT2D eigenvalue weighted by atomic mass is 10.1. The van der Waals surface area contributed by atoms with Crippen molar-refractivity contribution in [2.45, 2.75) is 20.8 Å². The first-order valence-corrected chi connectivity index (χ1v) is 5.19. The zero-order valence-corrected chi connectivity index (χ0v) is 10.1. The Labute approximate surface area is 100.0 Å². The number of nitrogens with one attached hydrogen (secondary N) is 1. The molecule has 90 valence electrons. The van der Waals surface area contributed by atoms with E-state index in [2.05, 4.69) is 5.32 Å². The van der Waals surface area contributed by atoms with Crippen LogP contribution in [0.3, 0.4) is 0 Å². The first-order valence-electron chi connectivity index (χ1n) is 5.19. The predicted molar refractivity (Wildman–Crippen MR) is 65.3 cm³/mol. The number of carbonyl (C=O) groups excluding carboxylic acids is 1. The molecule has 4 heteroatoms. The molecule has 2 N–H and O–H groups in total. The third-order valence-corrected chi connectivity index (χ3v) is 2.10. The Kier molecular flexibility index (Phi) is 4.04. The zero-order valence-electron chi connectivity index (χ0n) is 10.1. The van der Waals surface area contributed by atoms with E-state index in [1.165, 1.54) is 13.0 Å². The highest BCUT2D eigenvalue weighted by Crippen LogP contribution is 2.12. The van der Waals surface area contributed by atoms with Gasteiger partial charge in [-0.3, -0.25) is 4.79 Å². The fraction of sp³-hybridized carbons (Fsp3) is 0.231. The van der Waals surface area contributed by atoms with Crippen molar-refractivity contribution in [3.05, 3.63) is 40.6 Å². The highest BCUT2D eigenvalue weighted by atomic mass is 16.4. The molecule has 0 atom stereocenters. The van der Waals surface area contributed by atoms with Crippen LogP contribution in [0, 0.1) is 13.8 Å². The molecule has 0 aliphatic carbocycles. The average Bonchev–Trinajstić information content (AvgIpc) is 2.13. The van der Waals surface area contributed by atoms with Crippen molar-refractivity contribution >= 4 is 18.0 Å². The Balaban J connectivity index is 3.12. The summed E-state index contributed by atoms with van der Waals surface area (Å²) in [6.07, 6.45) is 1.45. The molecule has 0 saturated carbocycles. The van der Waals surface area contributed by atoms with Gasteiger partial charge in [-0.25, -0.2) is 4.79 Å². The monoisotopic (exact) mass is 233 g/mol. The van der Waals surface area contributed by atoms with Crippen molar-refractivity contribution in [3.63, 3.8) is 0 Å². The van der Waals surface area contributed by atoms with E-state index >= 15 is 0 Å². The van der Waals surface area contributed by atoms with Gasteiger partial charge in [-0.05, 0) is 25.5 Å². The number of benzene rings is 1. The van der Waals surface area contributed by atoms with E-state index in [4.69, 9.17) is 5.11 Å². The van der Waals surface area contributed by atoms with Crippen LogP contribution in [0.4, 0.5) is 0 Å². The van der Waals surface area contributed by atoms with Crippen molar-refractivity contribution in [2.24, 2.45) is 0 Å². The van der Waals surface area contributed by atoms with Gasteiger partial charge in [0.1, 0.15) is 5.70 Å². The Hall–Kier alpha value is -2.10. The molecule has 17 heavy (non-hydrogen) atoms. The molecule has 0 heterocycles. The first-order chi connectivity index (χ1) is 7.88. The second-order valence-corrected chi connectivity index (χ2v) is 3.97. The topological polar surface area (TPSA) is 66.4 Å². The molecule has 1 rings (SSSR count). The molecule has 1 amide bonds. The summed E-state index contributed by atoms with van der Waals surface area (Å²) >= 11 is 0. The van der Waals surface area contributed by atoms with E-state index in [0.29, 0.717) is 0 Å². The minimum atomic E-state index is -1.15. The van der Waals surface area contributed by atoms with E-state index < -0.39 is 11.9 Å². The average molecular weight is 233 g/mol. The quantitative estimate of drug-likeness (QED) is 0.783. The van der Waals surface area contributed by atoms with Crippen LogP contribution in [0.2, 0.25) is 0 Å². The normalized spacial score (nSPS) is 11.1. The Morgan fingerprint density at radius 3 is 2.12 bits per heavy atom. The van der Waals surface area contributed by atoms with Gasteiger partial charge in [-0.1, -0.05) is 29.3 Å². The molecule has 1 aromatic rings. The van der Waals surface area contributed by atoms with Gasteiger partial charge in [0.25, 0.3) is 0 Å². The van der Waals surface area contributed by atoms with E-state index in [1.807, 2.05) is 32.0 Å². The standard InChI is InChI=1S/C13H15NO3/c1-8-4-9(2)6-11(5-8)7-12(13(16)17)14-10(3)15/h4-7H,1-3H3,(H,14,15)(H,16,17)/b12-7+. The van der Waals surface area contributed by atoms with E-state index in [0.717, 1.165) is 16.7 Å². The number of aliphatic carboxylic acids is 1. The molecule has 0 saturated heterocycles. The van der Waals surface area contributed by atoms with Crippen LogP contribution in [-0.2, 0) is 9.59 Å². The fourth-order valence-corrected chi connectivity index (χ4v) is 1.60. The highest BCUT2D eigenvalue weighted by molar-refractivity contribution is 5.96. The van der Waals surface area contributed by atoms with Crippen LogP contribution in [-0.4, -0.2) is 17.0 Å². The van der Waals surface area contributed by atoms with E-state index in [-0.39, 0.29) is 5.70 Å². The molecule has 0 radical (unpaired) electrons.